The average Bonchev–Trinajstić information content (AvgIpc) is 2.43. The second-order valence-corrected chi connectivity index (χ2v) is 7.10. The van der Waals surface area contributed by atoms with Gasteiger partial charge in [0.15, 0.2) is 5.78 Å². The third-order valence-electron chi connectivity index (χ3n) is 4.96. The molecule has 0 saturated carbocycles. The van der Waals surface area contributed by atoms with E-state index in [1.54, 1.807) is 24.3 Å². The molecule has 1 heterocycles. The molecule has 5 heteroatoms. The van der Waals surface area contributed by atoms with Crippen LogP contribution in [-0.2, 0) is 15.3 Å². The van der Waals surface area contributed by atoms with Crippen LogP contribution in [0.25, 0.3) is 5.76 Å². The Morgan fingerprint density at radius 3 is 2.39 bits per heavy atom. The van der Waals surface area contributed by atoms with Crippen LogP contribution in [-0.4, -0.2) is 32.8 Å². The highest BCUT2D eigenvalue weighted by Gasteiger charge is 2.57. The maximum Gasteiger partial charge on any atom is 0.239 e. The number of hydrogen-bond acceptors (Lipinski definition) is 5. The lowest BCUT2D eigenvalue weighted by Gasteiger charge is -2.51. The first-order chi connectivity index (χ1) is 10.5. The van der Waals surface area contributed by atoms with Gasteiger partial charge < -0.3 is 14.9 Å². The van der Waals surface area contributed by atoms with Gasteiger partial charge >= 0.3 is 0 Å². The zero-order valence-corrected chi connectivity index (χ0v) is 14.0. The monoisotopic (exact) mass is 315 g/mol. The van der Waals surface area contributed by atoms with E-state index in [1.165, 1.54) is 6.92 Å². The highest BCUT2D eigenvalue weighted by atomic mass is 16.6. The second-order valence-electron chi connectivity index (χ2n) is 7.10. The fraction of sp³-hybridized carbons (Fsp3) is 0.444. The normalized spacial score (nSPS) is 27.8. The number of carbonyl (C=O) groups excluding carboxylic acids is 1. The van der Waals surface area contributed by atoms with E-state index >= 15 is 0 Å². The van der Waals surface area contributed by atoms with Gasteiger partial charge in [-0.3, -0.25) is 9.79 Å². The largest absolute Gasteiger partial charge is 0.506 e. The van der Waals surface area contributed by atoms with Crippen molar-refractivity contribution in [1.29, 1.82) is 0 Å². The zero-order chi connectivity index (χ0) is 17.2. The van der Waals surface area contributed by atoms with Crippen molar-refractivity contribution in [3.05, 3.63) is 41.0 Å². The van der Waals surface area contributed by atoms with E-state index in [-0.39, 0.29) is 22.8 Å². The lowest BCUT2D eigenvalue weighted by molar-refractivity contribution is -0.247. The number of rotatable bonds is 1. The fourth-order valence-electron chi connectivity index (χ4n) is 3.01. The summed E-state index contributed by atoms with van der Waals surface area (Å²) < 4.78 is 6.06. The minimum atomic E-state index is -1.86. The van der Waals surface area contributed by atoms with E-state index in [4.69, 9.17) is 4.74 Å². The molecule has 2 aliphatic rings. The average molecular weight is 315 g/mol. The summed E-state index contributed by atoms with van der Waals surface area (Å²) in [6.45, 7) is 8.78. The molecule has 0 fully saturated rings. The number of carbonyl (C=O) groups is 1. The van der Waals surface area contributed by atoms with Crippen LogP contribution < -0.4 is 0 Å². The van der Waals surface area contributed by atoms with Crippen LogP contribution in [0.3, 0.4) is 0 Å². The molecule has 0 radical (unpaired) electrons. The minimum Gasteiger partial charge on any atom is -0.506 e. The summed E-state index contributed by atoms with van der Waals surface area (Å²) in [6.07, 6.45) is 0. The lowest BCUT2D eigenvalue weighted by atomic mass is 9.77. The molecule has 1 unspecified atom stereocenters. The van der Waals surface area contributed by atoms with Gasteiger partial charge in [-0.2, -0.15) is 0 Å². The molecule has 1 aromatic rings. The first-order valence-electron chi connectivity index (χ1n) is 7.58. The van der Waals surface area contributed by atoms with Crippen LogP contribution in [0.1, 0.15) is 45.7 Å². The molecule has 2 N–H and O–H groups in total. The minimum absolute atomic E-state index is 0.00905. The van der Waals surface area contributed by atoms with Gasteiger partial charge in [-0.1, -0.05) is 24.3 Å². The van der Waals surface area contributed by atoms with E-state index in [0.29, 0.717) is 11.1 Å². The molecule has 3 rings (SSSR count). The summed E-state index contributed by atoms with van der Waals surface area (Å²) in [6, 6.07) is 6.80. The van der Waals surface area contributed by atoms with Crippen LogP contribution in [0.5, 0.6) is 0 Å². The van der Waals surface area contributed by atoms with Gasteiger partial charge in [0, 0.05) is 11.1 Å². The SMILES string of the molecule is CC(=O)C1=C(O)c2ccccc2C2(O)OC(C)(C)C(C)(C)N=C12. The van der Waals surface area contributed by atoms with E-state index in [9.17, 15) is 15.0 Å². The summed E-state index contributed by atoms with van der Waals surface area (Å²) >= 11 is 0. The smallest absolute Gasteiger partial charge is 0.239 e. The van der Waals surface area contributed by atoms with Crippen molar-refractivity contribution >= 4 is 17.3 Å². The zero-order valence-electron chi connectivity index (χ0n) is 14.0. The Kier molecular flexibility index (Phi) is 3.13. The molecule has 0 saturated heterocycles. The van der Waals surface area contributed by atoms with Crippen molar-refractivity contribution < 1.29 is 19.7 Å². The Morgan fingerprint density at radius 1 is 1.17 bits per heavy atom. The number of ether oxygens (including phenoxy) is 1. The highest BCUT2D eigenvalue weighted by Crippen LogP contribution is 2.48. The second kappa shape index (κ2) is 4.52. The molecular weight excluding hydrogens is 294 g/mol. The number of ketones is 1. The number of aliphatic hydroxyl groups is 2. The van der Waals surface area contributed by atoms with Crippen molar-refractivity contribution in [1.82, 2.24) is 0 Å². The first kappa shape index (κ1) is 15.9. The fourth-order valence-corrected chi connectivity index (χ4v) is 3.01. The van der Waals surface area contributed by atoms with Gasteiger partial charge in [0.05, 0.1) is 16.7 Å². The Balaban J connectivity index is 2.42. The molecule has 0 amide bonds. The standard InChI is InChI=1S/C18H21NO4/c1-10(20)13-14(21)11-8-6-7-9-12(11)18(22)15(13)19-16(2,3)17(4,5)23-18/h6-9,21-22H,1-5H3. The van der Waals surface area contributed by atoms with Crippen LogP contribution in [0, 0.1) is 0 Å². The lowest BCUT2D eigenvalue weighted by Crippen LogP contribution is -2.60. The number of hydrogen-bond donors (Lipinski definition) is 2. The van der Waals surface area contributed by atoms with Gasteiger partial charge in [0.2, 0.25) is 5.79 Å². The van der Waals surface area contributed by atoms with Crippen molar-refractivity contribution in [3.63, 3.8) is 0 Å². The highest BCUT2D eigenvalue weighted by molar-refractivity contribution is 6.29. The van der Waals surface area contributed by atoms with Crippen molar-refractivity contribution in [2.24, 2.45) is 4.99 Å². The number of aliphatic imine (C=N–C) groups is 1. The molecule has 0 aromatic heterocycles. The summed E-state index contributed by atoms with van der Waals surface area (Å²) in [5, 5.41) is 21.9. The van der Waals surface area contributed by atoms with E-state index < -0.39 is 16.9 Å². The molecule has 5 nitrogen and oxygen atoms in total. The molecule has 1 aliphatic carbocycles. The Hall–Kier alpha value is -1.98. The van der Waals surface area contributed by atoms with Gasteiger partial charge in [-0.25, -0.2) is 0 Å². The molecule has 1 atom stereocenters. The van der Waals surface area contributed by atoms with Crippen LogP contribution in [0.4, 0.5) is 0 Å². The van der Waals surface area contributed by atoms with Crippen LogP contribution in [0.2, 0.25) is 0 Å². The van der Waals surface area contributed by atoms with Crippen LogP contribution >= 0.6 is 0 Å². The van der Waals surface area contributed by atoms with Crippen molar-refractivity contribution in [3.8, 4) is 0 Å². The van der Waals surface area contributed by atoms with Crippen molar-refractivity contribution in [2.75, 3.05) is 0 Å². The molecular formula is C18H21NO4. The molecule has 0 spiro atoms. The maximum absolute atomic E-state index is 12.1. The molecule has 1 aliphatic heterocycles. The number of nitrogens with zero attached hydrogens (tertiary/aromatic N) is 1. The third-order valence-corrected chi connectivity index (χ3v) is 4.96. The van der Waals surface area contributed by atoms with Gasteiger partial charge in [0.1, 0.15) is 11.5 Å². The molecule has 0 bridgehead atoms. The molecule has 1 aromatic carbocycles. The van der Waals surface area contributed by atoms with Gasteiger partial charge in [-0.15, -0.1) is 0 Å². The molecule has 23 heavy (non-hydrogen) atoms. The Morgan fingerprint density at radius 2 is 1.78 bits per heavy atom. The van der Waals surface area contributed by atoms with Gasteiger partial charge in [0.25, 0.3) is 0 Å². The van der Waals surface area contributed by atoms with Crippen LogP contribution in [0.15, 0.2) is 34.8 Å². The summed E-state index contributed by atoms with van der Waals surface area (Å²) in [7, 11) is 0. The topological polar surface area (TPSA) is 79.1 Å². The van der Waals surface area contributed by atoms with Crippen molar-refractivity contribution in [2.45, 2.75) is 51.5 Å². The Bertz CT molecular complexity index is 773. The molecule has 122 valence electrons. The summed E-state index contributed by atoms with van der Waals surface area (Å²) in [5.74, 6) is -2.40. The predicted octanol–water partition coefficient (Wildman–Crippen LogP) is 2.73. The third kappa shape index (κ3) is 2.00. The number of aliphatic hydroxyl groups excluding tert-OH is 1. The predicted molar refractivity (Wildman–Crippen MR) is 87.2 cm³/mol. The quantitative estimate of drug-likeness (QED) is 0.835. The Labute approximate surface area is 135 Å². The van der Waals surface area contributed by atoms with E-state index in [0.717, 1.165) is 0 Å². The maximum atomic E-state index is 12.1. The first-order valence-corrected chi connectivity index (χ1v) is 7.58. The number of fused-ring (bicyclic) bond motifs is 3. The summed E-state index contributed by atoms with van der Waals surface area (Å²) in [5.41, 5.74) is -0.588. The number of Topliss-reactive ketones (excluding diaryl/α,β-unsaturated/α-hetero) is 1. The van der Waals surface area contributed by atoms with Gasteiger partial charge in [-0.05, 0) is 34.6 Å². The number of benzene rings is 1. The van der Waals surface area contributed by atoms with E-state index in [2.05, 4.69) is 4.99 Å². The summed E-state index contributed by atoms with van der Waals surface area (Å²) in [4.78, 5) is 16.7. The van der Waals surface area contributed by atoms with E-state index in [1.807, 2.05) is 27.7 Å².